The molecule has 0 N–H and O–H groups in total. The molecular weight excluding hydrogens is 321 g/mol. The Morgan fingerprint density at radius 2 is 1.36 bits per heavy atom. The molecule has 0 aliphatic carbocycles. The lowest BCUT2D eigenvalue weighted by molar-refractivity contribution is 0.583. The van der Waals surface area contributed by atoms with E-state index in [-0.39, 0.29) is 11.1 Å². The minimum Gasteiger partial charge on any atom is -0.207 e. The third kappa shape index (κ3) is 2.66. The van der Waals surface area contributed by atoms with Crippen molar-refractivity contribution in [3.63, 3.8) is 0 Å². The average molecular weight is 336 g/mol. The number of hydrogen-bond donors (Lipinski definition) is 0. The largest absolute Gasteiger partial charge is 0.207 e. The maximum atomic E-state index is 15.0. The fraction of sp³-hybridized carbons (Fsp3) is 0.0909. The molecule has 0 nitrogen and oxygen atoms in total. The Labute approximate surface area is 143 Å². The van der Waals surface area contributed by atoms with Crippen molar-refractivity contribution in [1.82, 2.24) is 0 Å². The number of hydrogen-bond acceptors (Lipinski definition) is 0. The van der Waals surface area contributed by atoms with Crippen molar-refractivity contribution in [2.45, 2.75) is 13.3 Å². The molecule has 0 radical (unpaired) electrons. The zero-order valence-corrected chi connectivity index (χ0v) is 13.6. The van der Waals surface area contributed by atoms with E-state index in [0.29, 0.717) is 5.39 Å². The topological polar surface area (TPSA) is 0 Å². The maximum Gasteiger partial charge on any atom is 0.138 e. The van der Waals surface area contributed by atoms with Crippen LogP contribution in [0, 0.1) is 17.5 Å². The smallest absolute Gasteiger partial charge is 0.138 e. The van der Waals surface area contributed by atoms with Crippen LogP contribution in [0.5, 0.6) is 0 Å². The van der Waals surface area contributed by atoms with Crippen molar-refractivity contribution in [3.05, 3.63) is 83.7 Å². The molecule has 0 fully saturated rings. The lowest BCUT2D eigenvalue weighted by Gasteiger charge is -2.10. The number of rotatable bonds is 2. The molecule has 4 rings (SSSR count). The Kier molecular flexibility index (Phi) is 3.72. The Morgan fingerprint density at radius 1 is 0.680 bits per heavy atom. The first-order valence-corrected chi connectivity index (χ1v) is 8.17. The first-order valence-electron chi connectivity index (χ1n) is 8.17. The summed E-state index contributed by atoms with van der Waals surface area (Å²) in [5.41, 5.74) is 1.60. The highest BCUT2D eigenvalue weighted by atomic mass is 19.1. The fourth-order valence-electron chi connectivity index (χ4n) is 3.31. The Morgan fingerprint density at radius 3 is 2.08 bits per heavy atom. The zero-order chi connectivity index (χ0) is 17.6. The molecule has 0 atom stereocenters. The van der Waals surface area contributed by atoms with Crippen LogP contribution in [-0.2, 0) is 6.42 Å². The second-order valence-corrected chi connectivity index (χ2v) is 6.15. The highest BCUT2D eigenvalue weighted by molar-refractivity contribution is 6.08. The monoisotopic (exact) mass is 336 g/mol. The van der Waals surface area contributed by atoms with Crippen molar-refractivity contribution in [1.29, 1.82) is 0 Å². The number of aryl methyl sites for hydroxylation is 1. The van der Waals surface area contributed by atoms with Crippen LogP contribution >= 0.6 is 0 Å². The minimum absolute atomic E-state index is 0.190. The van der Waals surface area contributed by atoms with Gasteiger partial charge >= 0.3 is 0 Å². The number of benzene rings is 4. The summed E-state index contributed by atoms with van der Waals surface area (Å²) in [4.78, 5) is 0. The molecule has 25 heavy (non-hydrogen) atoms. The summed E-state index contributed by atoms with van der Waals surface area (Å²) in [6.45, 7) is 2.09. The molecule has 0 aliphatic rings. The van der Waals surface area contributed by atoms with Gasteiger partial charge in [-0.15, -0.1) is 0 Å². The van der Waals surface area contributed by atoms with Crippen LogP contribution in [0.1, 0.15) is 12.5 Å². The van der Waals surface area contributed by atoms with E-state index in [0.717, 1.165) is 40.8 Å². The predicted octanol–water partition coefficient (Wildman–Crippen LogP) is 6.64. The van der Waals surface area contributed by atoms with Crippen molar-refractivity contribution in [2.75, 3.05) is 0 Å². The minimum atomic E-state index is -0.722. The summed E-state index contributed by atoms with van der Waals surface area (Å²) in [5, 5.41) is 3.25. The molecule has 0 spiro atoms. The molecule has 124 valence electrons. The van der Waals surface area contributed by atoms with E-state index in [9.17, 15) is 8.78 Å². The van der Waals surface area contributed by atoms with Gasteiger partial charge in [-0.2, -0.15) is 0 Å². The second kappa shape index (κ2) is 5.92. The first-order chi connectivity index (χ1) is 12.1. The molecule has 3 heteroatoms. The van der Waals surface area contributed by atoms with Crippen LogP contribution in [0.15, 0.2) is 60.7 Å². The SMILES string of the molecule is CCc1ccc2c(ccc3c(F)c(-c4cc(F)cc(F)c4)ccc32)c1. The number of fused-ring (bicyclic) bond motifs is 3. The third-order valence-corrected chi connectivity index (χ3v) is 4.60. The van der Waals surface area contributed by atoms with Gasteiger partial charge in [-0.3, -0.25) is 0 Å². The number of halogens is 3. The quantitative estimate of drug-likeness (QED) is 0.360. The average Bonchev–Trinajstić information content (AvgIpc) is 2.60. The molecule has 0 saturated heterocycles. The molecule has 0 aliphatic heterocycles. The van der Waals surface area contributed by atoms with E-state index in [2.05, 4.69) is 13.0 Å². The van der Waals surface area contributed by atoms with Crippen molar-refractivity contribution < 1.29 is 13.2 Å². The molecule has 4 aromatic rings. The van der Waals surface area contributed by atoms with Crippen molar-refractivity contribution in [3.8, 4) is 11.1 Å². The van der Waals surface area contributed by atoms with E-state index < -0.39 is 17.5 Å². The van der Waals surface area contributed by atoms with Gasteiger partial charge in [0.25, 0.3) is 0 Å². The summed E-state index contributed by atoms with van der Waals surface area (Å²) < 4.78 is 42.0. The van der Waals surface area contributed by atoms with E-state index in [1.807, 2.05) is 24.3 Å². The Balaban J connectivity index is 1.98. The lowest BCUT2D eigenvalue weighted by atomic mass is 9.95. The highest BCUT2D eigenvalue weighted by Crippen LogP contribution is 2.33. The van der Waals surface area contributed by atoms with Gasteiger partial charge in [-0.1, -0.05) is 49.4 Å². The van der Waals surface area contributed by atoms with E-state index in [1.54, 1.807) is 12.1 Å². The Hall–Kier alpha value is -2.81. The zero-order valence-electron chi connectivity index (χ0n) is 13.6. The molecule has 0 unspecified atom stereocenters. The van der Waals surface area contributed by atoms with Crippen molar-refractivity contribution >= 4 is 21.5 Å². The van der Waals surface area contributed by atoms with Crippen LogP contribution in [-0.4, -0.2) is 0 Å². The summed E-state index contributed by atoms with van der Waals surface area (Å²) in [5.74, 6) is -1.91. The van der Waals surface area contributed by atoms with Crippen LogP contribution < -0.4 is 0 Å². The molecule has 0 heterocycles. The summed E-state index contributed by atoms with van der Waals surface area (Å²) in [7, 11) is 0. The van der Waals surface area contributed by atoms with Crippen LogP contribution in [0.3, 0.4) is 0 Å². The standard InChI is InChI=1S/C22H15F3/c1-2-13-3-5-18-14(9-13)4-6-21-20(18)8-7-19(22(21)25)15-10-16(23)12-17(24)11-15/h3-12H,2H2,1H3. The van der Waals surface area contributed by atoms with Gasteiger partial charge in [0, 0.05) is 17.0 Å². The molecular formula is C22H15F3. The van der Waals surface area contributed by atoms with Gasteiger partial charge in [-0.05, 0) is 45.8 Å². The molecule has 0 bridgehead atoms. The van der Waals surface area contributed by atoms with E-state index in [4.69, 9.17) is 0 Å². The van der Waals surface area contributed by atoms with Crippen molar-refractivity contribution in [2.24, 2.45) is 0 Å². The van der Waals surface area contributed by atoms with E-state index in [1.165, 1.54) is 5.56 Å². The van der Waals surface area contributed by atoms with Crippen LogP contribution in [0.2, 0.25) is 0 Å². The summed E-state index contributed by atoms with van der Waals surface area (Å²) in [6.07, 6.45) is 0.937. The molecule has 0 aromatic heterocycles. The summed E-state index contributed by atoms with van der Waals surface area (Å²) in [6, 6.07) is 16.2. The highest BCUT2D eigenvalue weighted by Gasteiger charge is 2.13. The van der Waals surface area contributed by atoms with Crippen LogP contribution in [0.4, 0.5) is 13.2 Å². The van der Waals surface area contributed by atoms with Gasteiger partial charge in [0.2, 0.25) is 0 Å². The fourth-order valence-corrected chi connectivity index (χ4v) is 3.31. The van der Waals surface area contributed by atoms with Gasteiger partial charge in [0.1, 0.15) is 17.5 Å². The Bertz CT molecular complexity index is 1090. The molecule has 0 amide bonds. The van der Waals surface area contributed by atoms with E-state index >= 15 is 4.39 Å². The predicted molar refractivity (Wildman–Crippen MR) is 96.1 cm³/mol. The molecule has 4 aromatic carbocycles. The van der Waals surface area contributed by atoms with Gasteiger partial charge in [0.15, 0.2) is 0 Å². The van der Waals surface area contributed by atoms with Gasteiger partial charge < -0.3 is 0 Å². The van der Waals surface area contributed by atoms with Gasteiger partial charge in [0.05, 0.1) is 0 Å². The lowest BCUT2D eigenvalue weighted by Crippen LogP contribution is -1.91. The van der Waals surface area contributed by atoms with Crippen LogP contribution in [0.25, 0.3) is 32.7 Å². The second-order valence-electron chi connectivity index (χ2n) is 6.15. The first kappa shape index (κ1) is 15.7. The normalized spacial score (nSPS) is 11.4. The summed E-state index contributed by atoms with van der Waals surface area (Å²) >= 11 is 0. The third-order valence-electron chi connectivity index (χ3n) is 4.60. The molecule has 0 saturated carbocycles. The maximum absolute atomic E-state index is 15.0. The van der Waals surface area contributed by atoms with Gasteiger partial charge in [-0.25, -0.2) is 13.2 Å².